The van der Waals surface area contributed by atoms with Crippen LogP contribution in [-0.2, 0) is 4.79 Å². The molecule has 1 amide bonds. The molecule has 1 aliphatic rings. The molecule has 1 aliphatic heterocycles. The number of nitrogens with one attached hydrogen (secondary N) is 2. The molecule has 0 aliphatic carbocycles. The highest BCUT2D eigenvalue weighted by atomic mass is 16.6. The Hall–Kier alpha value is -3.67. The maximum absolute atomic E-state index is 13.1. The molecule has 0 radical (unpaired) electrons. The zero-order valence-corrected chi connectivity index (χ0v) is 16.1. The second kappa shape index (κ2) is 8.56. The summed E-state index contributed by atoms with van der Waals surface area (Å²) in [4.78, 5) is 13.1. The van der Waals surface area contributed by atoms with E-state index in [1.54, 1.807) is 19.2 Å². The van der Waals surface area contributed by atoms with E-state index in [4.69, 9.17) is 14.2 Å². The van der Waals surface area contributed by atoms with Crippen molar-refractivity contribution < 1.29 is 19.0 Å². The van der Waals surface area contributed by atoms with E-state index in [1.807, 2.05) is 60.7 Å². The number of benzene rings is 3. The average molecular weight is 390 g/mol. The van der Waals surface area contributed by atoms with Crippen LogP contribution in [0.1, 0.15) is 11.6 Å². The third-order valence-corrected chi connectivity index (χ3v) is 4.61. The minimum absolute atomic E-state index is 0.170. The van der Waals surface area contributed by atoms with Gasteiger partial charge in [-0.15, -0.1) is 0 Å². The first kappa shape index (κ1) is 18.7. The number of ether oxygens (including phenoxy) is 3. The third-order valence-electron chi connectivity index (χ3n) is 4.61. The SMILES string of the molecule is COc1ccc(NC(=O)C(Nc2ccc3c(c2)OCCO3)c2ccccc2)cc1. The van der Waals surface area contributed by atoms with Crippen molar-refractivity contribution in [2.24, 2.45) is 0 Å². The Labute approximate surface area is 169 Å². The first-order valence-electron chi connectivity index (χ1n) is 9.39. The molecule has 0 bridgehead atoms. The summed E-state index contributed by atoms with van der Waals surface area (Å²) in [7, 11) is 1.61. The summed E-state index contributed by atoms with van der Waals surface area (Å²) >= 11 is 0. The molecule has 0 saturated heterocycles. The monoisotopic (exact) mass is 390 g/mol. The van der Waals surface area contributed by atoms with Crippen LogP contribution in [0, 0.1) is 0 Å². The summed E-state index contributed by atoms with van der Waals surface area (Å²) in [6.07, 6.45) is 0. The van der Waals surface area contributed by atoms with Crippen molar-refractivity contribution in [3.63, 3.8) is 0 Å². The third kappa shape index (κ3) is 4.43. The van der Waals surface area contributed by atoms with E-state index in [2.05, 4.69) is 10.6 Å². The molecule has 0 fully saturated rings. The van der Waals surface area contributed by atoms with Crippen LogP contribution in [0.5, 0.6) is 17.2 Å². The number of fused-ring (bicyclic) bond motifs is 1. The van der Waals surface area contributed by atoms with Crippen LogP contribution >= 0.6 is 0 Å². The number of hydrogen-bond acceptors (Lipinski definition) is 5. The summed E-state index contributed by atoms with van der Waals surface area (Å²) in [5.74, 6) is 1.94. The van der Waals surface area contributed by atoms with Crippen molar-refractivity contribution in [1.82, 2.24) is 0 Å². The molecule has 6 nitrogen and oxygen atoms in total. The molecule has 0 spiro atoms. The van der Waals surface area contributed by atoms with Crippen molar-refractivity contribution in [1.29, 1.82) is 0 Å². The number of carbonyl (C=O) groups is 1. The number of hydrogen-bond donors (Lipinski definition) is 2. The molecular weight excluding hydrogens is 368 g/mol. The highest BCUT2D eigenvalue weighted by molar-refractivity contribution is 5.97. The molecule has 148 valence electrons. The maximum atomic E-state index is 13.1. The minimum atomic E-state index is -0.583. The number of carbonyl (C=O) groups excluding carboxylic acids is 1. The maximum Gasteiger partial charge on any atom is 0.251 e. The number of amides is 1. The van der Waals surface area contributed by atoms with Gasteiger partial charge in [-0.05, 0) is 42.0 Å². The van der Waals surface area contributed by atoms with E-state index in [9.17, 15) is 4.79 Å². The molecule has 6 heteroatoms. The average Bonchev–Trinajstić information content (AvgIpc) is 2.78. The van der Waals surface area contributed by atoms with E-state index >= 15 is 0 Å². The van der Waals surface area contributed by atoms with Crippen LogP contribution in [0.15, 0.2) is 72.8 Å². The quantitative estimate of drug-likeness (QED) is 0.658. The van der Waals surface area contributed by atoms with E-state index in [-0.39, 0.29) is 5.91 Å². The zero-order valence-electron chi connectivity index (χ0n) is 16.1. The van der Waals surface area contributed by atoms with Crippen LogP contribution < -0.4 is 24.8 Å². The van der Waals surface area contributed by atoms with Gasteiger partial charge in [0.1, 0.15) is 25.0 Å². The standard InChI is InChI=1S/C23H22N2O4/c1-27-19-10-7-17(8-11-19)25-23(26)22(16-5-3-2-4-6-16)24-18-9-12-20-21(15-18)29-14-13-28-20/h2-12,15,22,24H,13-14H2,1H3,(H,25,26). The van der Waals surface area contributed by atoms with Gasteiger partial charge in [-0.2, -0.15) is 0 Å². The largest absolute Gasteiger partial charge is 0.497 e. The number of anilines is 2. The van der Waals surface area contributed by atoms with Crippen LogP contribution in [0.4, 0.5) is 11.4 Å². The van der Waals surface area contributed by atoms with Gasteiger partial charge in [0.2, 0.25) is 0 Å². The Morgan fingerprint density at radius 3 is 2.31 bits per heavy atom. The lowest BCUT2D eigenvalue weighted by Crippen LogP contribution is -2.27. The Morgan fingerprint density at radius 1 is 0.897 bits per heavy atom. The van der Waals surface area contributed by atoms with Gasteiger partial charge in [0.15, 0.2) is 11.5 Å². The van der Waals surface area contributed by atoms with Crippen LogP contribution in [-0.4, -0.2) is 26.2 Å². The van der Waals surface area contributed by atoms with Crippen molar-refractivity contribution in [2.75, 3.05) is 31.0 Å². The molecule has 0 saturated carbocycles. The minimum Gasteiger partial charge on any atom is -0.497 e. The van der Waals surface area contributed by atoms with E-state index in [0.717, 1.165) is 17.0 Å². The van der Waals surface area contributed by atoms with Gasteiger partial charge in [0.25, 0.3) is 5.91 Å². The fraction of sp³-hybridized carbons (Fsp3) is 0.174. The fourth-order valence-electron chi connectivity index (χ4n) is 3.13. The van der Waals surface area contributed by atoms with Crippen LogP contribution in [0.3, 0.4) is 0 Å². The van der Waals surface area contributed by atoms with Gasteiger partial charge in [0, 0.05) is 17.4 Å². The lowest BCUT2D eigenvalue weighted by atomic mass is 10.1. The van der Waals surface area contributed by atoms with Gasteiger partial charge in [0.05, 0.1) is 7.11 Å². The topological polar surface area (TPSA) is 68.8 Å². The van der Waals surface area contributed by atoms with Gasteiger partial charge in [-0.3, -0.25) is 4.79 Å². The summed E-state index contributed by atoms with van der Waals surface area (Å²) in [5.41, 5.74) is 2.32. The Kier molecular flexibility index (Phi) is 5.52. The van der Waals surface area contributed by atoms with Gasteiger partial charge < -0.3 is 24.8 Å². The first-order chi connectivity index (χ1) is 14.2. The van der Waals surface area contributed by atoms with Gasteiger partial charge >= 0.3 is 0 Å². The van der Waals surface area contributed by atoms with Gasteiger partial charge in [-0.1, -0.05) is 30.3 Å². The van der Waals surface area contributed by atoms with E-state index in [1.165, 1.54) is 0 Å². The summed E-state index contributed by atoms with van der Waals surface area (Å²) in [6, 6.07) is 21.8. The molecule has 3 aromatic carbocycles. The highest BCUT2D eigenvalue weighted by Gasteiger charge is 2.22. The Balaban J connectivity index is 1.57. The van der Waals surface area contributed by atoms with Crippen molar-refractivity contribution in [2.45, 2.75) is 6.04 Å². The summed E-state index contributed by atoms with van der Waals surface area (Å²) < 4.78 is 16.4. The Morgan fingerprint density at radius 2 is 1.59 bits per heavy atom. The lowest BCUT2D eigenvalue weighted by Gasteiger charge is -2.22. The molecule has 1 atom stereocenters. The zero-order chi connectivity index (χ0) is 20.1. The smallest absolute Gasteiger partial charge is 0.251 e. The van der Waals surface area contributed by atoms with E-state index in [0.29, 0.717) is 30.4 Å². The predicted octanol–water partition coefficient (Wildman–Crippen LogP) is 4.26. The van der Waals surface area contributed by atoms with Crippen molar-refractivity contribution >= 4 is 17.3 Å². The molecule has 29 heavy (non-hydrogen) atoms. The van der Waals surface area contributed by atoms with Crippen molar-refractivity contribution in [3.05, 3.63) is 78.4 Å². The van der Waals surface area contributed by atoms with Gasteiger partial charge in [-0.25, -0.2) is 0 Å². The summed E-state index contributed by atoms with van der Waals surface area (Å²) in [5, 5.41) is 6.28. The fourth-order valence-corrected chi connectivity index (χ4v) is 3.13. The molecular formula is C23H22N2O4. The molecule has 2 N–H and O–H groups in total. The van der Waals surface area contributed by atoms with E-state index < -0.39 is 6.04 Å². The molecule has 0 aromatic heterocycles. The molecule has 1 heterocycles. The number of rotatable bonds is 6. The second-order valence-corrected chi connectivity index (χ2v) is 6.56. The second-order valence-electron chi connectivity index (χ2n) is 6.56. The van der Waals surface area contributed by atoms with Crippen LogP contribution in [0.2, 0.25) is 0 Å². The van der Waals surface area contributed by atoms with Crippen molar-refractivity contribution in [3.8, 4) is 17.2 Å². The summed E-state index contributed by atoms with van der Waals surface area (Å²) in [6.45, 7) is 1.05. The normalized spacial score (nSPS) is 13.3. The molecule has 3 aromatic rings. The lowest BCUT2D eigenvalue weighted by molar-refractivity contribution is -0.117. The molecule has 4 rings (SSSR count). The highest BCUT2D eigenvalue weighted by Crippen LogP contribution is 2.34. The Bertz CT molecular complexity index is 974. The van der Waals surface area contributed by atoms with Crippen LogP contribution in [0.25, 0.3) is 0 Å². The predicted molar refractivity (Wildman–Crippen MR) is 112 cm³/mol. The first-order valence-corrected chi connectivity index (χ1v) is 9.39. The number of methoxy groups -OCH3 is 1. The molecule has 1 unspecified atom stereocenters.